The summed E-state index contributed by atoms with van der Waals surface area (Å²) < 4.78 is 19.0. The summed E-state index contributed by atoms with van der Waals surface area (Å²) in [6, 6.07) is 19.5. The van der Waals surface area contributed by atoms with Crippen molar-refractivity contribution in [2.75, 3.05) is 0 Å². The molecule has 2 aromatic carbocycles. The van der Waals surface area contributed by atoms with Crippen molar-refractivity contribution in [1.82, 2.24) is 0 Å². The standard InChI is InChI=1S/C21H22ClINO2P/c1-15-8-13-20(25-15)27(21(2,3)4,24-18-11-9-17(23)10-12-18)26-19-7-5-6-16(22)14-19/h5-14H,1-4H3. The molecule has 1 atom stereocenters. The molecule has 0 bridgehead atoms. The predicted molar refractivity (Wildman–Crippen MR) is 123 cm³/mol. The molecule has 6 heteroatoms. The zero-order valence-corrected chi connectivity index (χ0v) is 19.5. The summed E-state index contributed by atoms with van der Waals surface area (Å²) in [4.78, 5) is 0. The monoisotopic (exact) mass is 513 g/mol. The molecule has 27 heavy (non-hydrogen) atoms. The molecule has 0 saturated carbocycles. The Morgan fingerprint density at radius 3 is 2.30 bits per heavy atom. The molecule has 0 aliphatic carbocycles. The second-order valence-corrected chi connectivity index (χ2v) is 12.3. The summed E-state index contributed by atoms with van der Waals surface area (Å²) in [5, 5.41) is 0.340. The van der Waals surface area contributed by atoms with Crippen molar-refractivity contribution in [3.05, 3.63) is 75.0 Å². The van der Waals surface area contributed by atoms with Crippen LogP contribution in [0.1, 0.15) is 26.5 Å². The number of halogens is 2. The number of benzene rings is 2. The van der Waals surface area contributed by atoms with E-state index >= 15 is 0 Å². The highest BCUT2D eigenvalue weighted by molar-refractivity contribution is 14.1. The fourth-order valence-corrected chi connectivity index (χ4v) is 6.09. The van der Waals surface area contributed by atoms with Crippen LogP contribution < -0.4 is 10.0 Å². The van der Waals surface area contributed by atoms with Gasteiger partial charge in [0.15, 0.2) is 5.50 Å². The summed E-state index contributed by atoms with van der Waals surface area (Å²) >= 11 is 8.48. The van der Waals surface area contributed by atoms with Crippen molar-refractivity contribution in [3.63, 3.8) is 0 Å². The Morgan fingerprint density at radius 2 is 1.74 bits per heavy atom. The Hall–Kier alpha value is -1.23. The van der Waals surface area contributed by atoms with Crippen LogP contribution in [-0.4, -0.2) is 5.16 Å². The topological polar surface area (TPSA) is 34.7 Å². The number of nitrogens with zero attached hydrogens (tertiary/aromatic N) is 1. The van der Waals surface area contributed by atoms with Crippen LogP contribution in [0.3, 0.4) is 0 Å². The van der Waals surface area contributed by atoms with Gasteiger partial charge in [-0.25, -0.2) is 4.74 Å². The molecule has 0 aliphatic rings. The zero-order valence-electron chi connectivity index (χ0n) is 15.7. The first-order valence-corrected chi connectivity index (χ1v) is 11.7. The molecule has 0 aliphatic heterocycles. The summed E-state index contributed by atoms with van der Waals surface area (Å²) in [6.45, 7) is 8.35. The average molecular weight is 514 g/mol. The molecule has 3 rings (SSSR count). The lowest BCUT2D eigenvalue weighted by Crippen LogP contribution is -2.26. The average Bonchev–Trinajstić information content (AvgIpc) is 3.02. The van der Waals surface area contributed by atoms with E-state index < -0.39 is 7.28 Å². The van der Waals surface area contributed by atoms with Gasteiger partial charge in [-0.1, -0.05) is 38.4 Å². The fourth-order valence-electron chi connectivity index (χ4n) is 2.66. The summed E-state index contributed by atoms with van der Waals surface area (Å²) in [5.41, 5.74) is 1.64. The van der Waals surface area contributed by atoms with Gasteiger partial charge in [0, 0.05) is 13.7 Å². The second-order valence-electron chi connectivity index (χ2n) is 7.26. The van der Waals surface area contributed by atoms with Gasteiger partial charge in [-0.05, 0) is 84.1 Å². The van der Waals surface area contributed by atoms with Crippen LogP contribution in [0, 0.1) is 10.5 Å². The van der Waals surface area contributed by atoms with Crippen molar-refractivity contribution in [3.8, 4) is 5.75 Å². The van der Waals surface area contributed by atoms with Gasteiger partial charge in [0.1, 0.15) is 11.5 Å². The lowest BCUT2D eigenvalue weighted by Gasteiger charge is -2.35. The van der Waals surface area contributed by atoms with E-state index in [1.54, 1.807) is 0 Å². The first-order chi connectivity index (χ1) is 12.7. The highest BCUT2D eigenvalue weighted by atomic mass is 127. The van der Waals surface area contributed by atoms with Crippen LogP contribution in [0.15, 0.2) is 69.8 Å². The minimum atomic E-state index is -2.59. The van der Waals surface area contributed by atoms with Crippen molar-refractivity contribution in [2.45, 2.75) is 32.9 Å². The van der Waals surface area contributed by atoms with Crippen molar-refractivity contribution < 1.29 is 8.94 Å². The fraction of sp³-hybridized carbons (Fsp3) is 0.238. The van der Waals surface area contributed by atoms with E-state index in [-0.39, 0.29) is 5.16 Å². The SMILES string of the molecule is Cc1ccc(P(=Nc2ccc(I)cc2)(Oc2cccc(Cl)c2)C(C)(C)C)o1. The lowest BCUT2D eigenvalue weighted by atomic mass is 10.3. The van der Waals surface area contributed by atoms with Gasteiger partial charge in [0.2, 0.25) is 7.28 Å². The molecular weight excluding hydrogens is 492 g/mol. The maximum absolute atomic E-state index is 6.65. The highest BCUT2D eigenvalue weighted by Gasteiger charge is 2.41. The molecule has 1 heterocycles. The van der Waals surface area contributed by atoms with Crippen LogP contribution in [0.4, 0.5) is 5.69 Å². The maximum atomic E-state index is 6.65. The third kappa shape index (κ3) is 4.61. The Balaban J connectivity index is 2.26. The maximum Gasteiger partial charge on any atom is 0.207 e. The molecule has 142 valence electrons. The minimum absolute atomic E-state index is 0.289. The molecule has 3 aromatic rings. The van der Waals surface area contributed by atoms with Crippen molar-refractivity contribution in [2.24, 2.45) is 4.74 Å². The number of hydrogen-bond acceptors (Lipinski definition) is 3. The largest absolute Gasteiger partial charge is 0.457 e. The van der Waals surface area contributed by atoms with Crippen LogP contribution in [0.5, 0.6) is 5.75 Å². The normalized spacial score (nSPS) is 13.9. The van der Waals surface area contributed by atoms with Gasteiger partial charge in [-0.15, -0.1) is 0 Å². The molecular formula is C21H22ClINO2P. The molecule has 0 spiro atoms. The van der Waals surface area contributed by atoms with Gasteiger partial charge >= 0.3 is 0 Å². The minimum Gasteiger partial charge on any atom is -0.457 e. The Morgan fingerprint density at radius 1 is 1.04 bits per heavy atom. The van der Waals surface area contributed by atoms with E-state index in [4.69, 9.17) is 25.3 Å². The Kier molecular flexibility index (Phi) is 6.09. The van der Waals surface area contributed by atoms with E-state index in [0.717, 1.165) is 20.5 Å². The molecule has 3 nitrogen and oxygen atoms in total. The van der Waals surface area contributed by atoms with Gasteiger partial charge in [-0.3, -0.25) is 0 Å². The van der Waals surface area contributed by atoms with Gasteiger partial charge in [0.25, 0.3) is 0 Å². The zero-order chi connectivity index (χ0) is 19.7. The van der Waals surface area contributed by atoms with Crippen molar-refractivity contribution >= 4 is 52.7 Å². The van der Waals surface area contributed by atoms with Crippen LogP contribution >= 0.6 is 41.5 Å². The molecule has 0 N–H and O–H groups in total. The highest BCUT2D eigenvalue weighted by Crippen LogP contribution is 2.62. The number of rotatable bonds is 4. The molecule has 0 amide bonds. The first-order valence-electron chi connectivity index (χ1n) is 8.60. The molecule has 0 fully saturated rings. The first kappa shape index (κ1) is 20.5. The number of furan rings is 1. The summed E-state index contributed by atoms with van der Waals surface area (Å²) in [6.07, 6.45) is 0. The number of hydrogen-bond donors (Lipinski definition) is 0. The van der Waals surface area contributed by atoms with E-state index in [1.807, 2.05) is 67.6 Å². The quantitative estimate of drug-likeness (QED) is 0.263. The van der Waals surface area contributed by atoms with E-state index in [2.05, 4.69) is 43.4 Å². The van der Waals surface area contributed by atoms with Crippen LogP contribution in [-0.2, 0) is 0 Å². The summed E-state index contributed by atoms with van der Waals surface area (Å²) in [5.74, 6) is 1.53. The van der Waals surface area contributed by atoms with Gasteiger partial charge in [0.05, 0.1) is 5.69 Å². The third-order valence-electron chi connectivity index (χ3n) is 4.05. The molecule has 0 saturated heterocycles. The molecule has 0 radical (unpaired) electrons. The smallest absolute Gasteiger partial charge is 0.207 e. The van der Waals surface area contributed by atoms with Crippen LogP contribution in [0.25, 0.3) is 0 Å². The molecule has 1 aromatic heterocycles. The van der Waals surface area contributed by atoms with E-state index in [9.17, 15) is 0 Å². The van der Waals surface area contributed by atoms with Crippen molar-refractivity contribution in [1.29, 1.82) is 0 Å². The van der Waals surface area contributed by atoms with E-state index in [1.165, 1.54) is 0 Å². The van der Waals surface area contributed by atoms with Gasteiger partial charge in [-0.2, -0.15) is 0 Å². The van der Waals surface area contributed by atoms with E-state index in [0.29, 0.717) is 10.8 Å². The number of aryl methyl sites for hydroxylation is 1. The van der Waals surface area contributed by atoms with Crippen LogP contribution in [0.2, 0.25) is 5.02 Å². The second kappa shape index (κ2) is 8.02. The Labute approximate surface area is 179 Å². The summed E-state index contributed by atoms with van der Waals surface area (Å²) in [7, 11) is -2.59. The predicted octanol–water partition coefficient (Wildman–Crippen LogP) is 7.80. The molecule has 1 unspecified atom stereocenters. The third-order valence-corrected chi connectivity index (χ3v) is 8.65. The lowest BCUT2D eigenvalue weighted by molar-refractivity contribution is 0.527. The Bertz CT molecular complexity index is 990. The van der Waals surface area contributed by atoms with Gasteiger partial charge < -0.3 is 8.94 Å².